The minimum atomic E-state index is 0.377. The quantitative estimate of drug-likeness (QED) is 0.803. The second-order valence-electron chi connectivity index (χ2n) is 5.59. The molecule has 0 aliphatic carbocycles. The molecule has 0 fully saturated rings. The summed E-state index contributed by atoms with van der Waals surface area (Å²) in [5.74, 6) is 0.815. The van der Waals surface area contributed by atoms with E-state index in [1.807, 2.05) is 0 Å². The summed E-state index contributed by atoms with van der Waals surface area (Å²) in [6.45, 7) is 8.65. The molecule has 0 bridgehead atoms. The van der Waals surface area contributed by atoms with Gasteiger partial charge in [-0.05, 0) is 29.0 Å². The topological polar surface area (TPSA) is 36.7 Å². The van der Waals surface area contributed by atoms with Crippen LogP contribution >= 0.6 is 0 Å². The Bertz CT molecular complexity index is 633. The van der Waals surface area contributed by atoms with Gasteiger partial charge in [0.25, 0.3) is 0 Å². The van der Waals surface area contributed by atoms with Gasteiger partial charge in [-0.25, -0.2) is 0 Å². The van der Waals surface area contributed by atoms with E-state index in [2.05, 4.69) is 58.0 Å². The summed E-state index contributed by atoms with van der Waals surface area (Å²) in [5, 5.41) is 10.1. The molecular formula is C17H20N2. The van der Waals surface area contributed by atoms with E-state index in [9.17, 15) is 0 Å². The average molecular weight is 252 g/mol. The molecule has 2 rings (SSSR count). The average Bonchev–Trinajstić information content (AvgIpc) is 2.37. The number of nitriles is 1. The van der Waals surface area contributed by atoms with Gasteiger partial charge >= 0.3 is 0 Å². The molecule has 2 heteroatoms. The van der Waals surface area contributed by atoms with Crippen molar-refractivity contribution in [2.75, 3.05) is 0 Å². The smallest absolute Gasteiger partial charge is 0.0743 e. The Morgan fingerprint density at radius 2 is 1.89 bits per heavy atom. The van der Waals surface area contributed by atoms with Crippen molar-refractivity contribution in [3.8, 4) is 6.07 Å². The number of aromatic nitrogens is 1. The Morgan fingerprint density at radius 1 is 1.16 bits per heavy atom. The van der Waals surface area contributed by atoms with Crippen molar-refractivity contribution in [1.82, 2.24) is 4.98 Å². The Balaban J connectivity index is 2.79. The third-order valence-corrected chi connectivity index (χ3v) is 3.46. The maximum atomic E-state index is 9.02. The van der Waals surface area contributed by atoms with E-state index in [1.165, 1.54) is 5.56 Å². The summed E-state index contributed by atoms with van der Waals surface area (Å²) < 4.78 is 0. The molecular weight excluding hydrogens is 232 g/mol. The number of benzene rings is 1. The summed E-state index contributed by atoms with van der Waals surface area (Å²) in [7, 11) is 0. The van der Waals surface area contributed by atoms with Gasteiger partial charge in [0.1, 0.15) is 0 Å². The highest BCUT2D eigenvalue weighted by Gasteiger charge is 2.12. The van der Waals surface area contributed by atoms with E-state index in [0.717, 1.165) is 22.2 Å². The number of para-hydroxylation sites is 1. The molecule has 0 radical (unpaired) electrons. The summed E-state index contributed by atoms with van der Waals surface area (Å²) >= 11 is 0. The van der Waals surface area contributed by atoms with Crippen molar-refractivity contribution < 1.29 is 0 Å². The molecule has 2 aromatic rings. The number of hydrogen-bond donors (Lipinski definition) is 0. The zero-order chi connectivity index (χ0) is 14.0. The first-order valence-electron chi connectivity index (χ1n) is 6.84. The lowest BCUT2D eigenvalue weighted by molar-refractivity contribution is 0.821. The third-order valence-electron chi connectivity index (χ3n) is 3.46. The van der Waals surface area contributed by atoms with E-state index in [4.69, 9.17) is 10.2 Å². The highest BCUT2D eigenvalue weighted by molar-refractivity contribution is 5.86. The number of nitrogens with zero attached hydrogens (tertiary/aromatic N) is 2. The maximum Gasteiger partial charge on any atom is 0.0743 e. The molecule has 1 aromatic heterocycles. The van der Waals surface area contributed by atoms with Gasteiger partial charge in [0.15, 0.2) is 0 Å². The summed E-state index contributed by atoms with van der Waals surface area (Å²) in [6, 6.07) is 10.6. The lowest BCUT2D eigenvalue weighted by atomic mass is 9.95. The van der Waals surface area contributed by atoms with Gasteiger partial charge in [-0.1, -0.05) is 45.9 Å². The monoisotopic (exact) mass is 252 g/mol. The van der Waals surface area contributed by atoms with Crippen LogP contribution in [0.1, 0.15) is 56.4 Å². The maximum absolute atomic E-state index is 9.02. The van der Waals surface area contributed by atoms with Gasteiger partial charge in [-0.2, -0.15) is 5.26 Å². The predicted octanol–water partition coefficient (Wildman–Crippen LogP) is 4.55. The van der Waals surface area contributed by atoms with E-state index in [-0.39, 0.29) is 0 Å². The zero-order valence-corrected chi connectivity index (χ0v) is 12.1. The molecule has 0 spiro atoms. The van der Waals surface area contributed by atoms with Crippen LogP contribution in [0.3, 0.4) is 0 Å². The van der Waals surface area contributed by atoms with Gasteiger partial charge < -0.3 is 0 Å². The first-order chi connectivity index (χ1) is 9.04. The van der Waals surface area contributed by atoms with Crippen molar-refractivity contribution in [1.29, 1.82) is 5.26 Å². The van der Waals surface area contributed by atoms with Crippen molar-refractivity contribution in [3.63, 3.8) is 0 Å². The van der Waals surface area contributed by atoms with Crippen molar-refractivity contribution >= 4 is 10.9 Å². The van der Waals surface area contributed by atoms with Gasteiger partial charge in [-0.15, -0.1) is 0 Å². The lowest BCUT2D eigenvalue weighted by Crippen LogP contribution is -2.00. The Kier molecular flexibility index (Phi) is 3.85. The molecule has 0 N–H and O–H groups in total. The van der Waals surface area contributed by atoms with Crippen LogP contribution in [-0.2, 0) is 6.42 Å². The molecule has 1 heterocycles. The first-order valence-corrected chi connectivity index (χ1v) is 6.84. The fourth-order valence-electron chi connectivity index (χ4n) is 2.36. The van der Waals surface area contributed by atoms with Crippen LogP contribution < -0.4 is 0 Å². The van der Waals surface area contributed by atoms with E-state index in [0.29, 0.717) is 18.3 Å². The number of pyridine rings is 1. The van der Waals surface area contributed by atoms with Crippen LogP contribution in [-0.4, -0.2) is 4.98 Å². The molecule has 0 aliphatic rings. The normalized spacial score (nSPS) is 11.2. The van der Waals surface area contributed by atoms with Crippen LogP contribution in [0.25, 0.3) is 10.9 Å². The first kappa shape index (κ1) is 13.5. The molecule has 0 unspecified atom stereocenters. The highest BCUT2D eigenvalue weighted by Crippen LogP contribution is 2.28. The number of rotatable bonds is 3. The molecule has 0 saturated carbocycles. The third kappa shape index (κ3) is 2.61. The van der Waals surface area contributed by atoms with E-state index >= 15 is 0 Å². The fourth-order valence-corrected chi connectivity index (χ4v) is 2.36. The minimum absolute atomic E-state index is 0.377. The lowest BCUT2D eigenvalue weighted by Gasteiger charge is -2.14. The molecule has 1 aromatic carbocycles. The molecule has 19 heavy (non-hydrogen) atoms. The Labute approximate surface area is 115 Å². The van der Waals surface area contributed by atoms with Crippen LogP contribution in [0.5, 0.6) is 0 Å². The standard InChI is InChI=1S/C17H20N2/c1-11(2)14-6-5-7-15-13(8-9-18)10-16(12(3)4)19-17(14)15/h5-7,10-12H,8H2,1-4H3. The summed E-state index contributed by atoms with van der Waals surface area (Å²) in [6.07, 6.45) is 0.445. The number of hydrogen-bond acceptors (Lipinski definition) is 2. The highest BCUT2D eigenvalue weighted by atomic mass is 14.7. The van der Waals surface area contributed by atoms with Gasteiger partial charge in [0.05, 0.1) is 18.0 Å². The minimum Gasteiger partial charge on any atom is -0.252 e. The second kappa shape index (κ2) is 5.40. The van der Waals surface area contributed by atoms with Crippen LogP contribution in [0.2, 0.25) is 0 Å². The van der Waals surface area contributed by atoms with Crippen LogP contribution in [0.15, 0.2) is 24.3 Å². The van der Waals surface area contributed by atoms with Crippen LogP contribution in [0.4, 0.5) is 0 Å². The zero-order valence-electron chi connectivity index (χ0n) is 12.1. The van der Waals surface area contributed by atoms with Crippen molar-refractivity contribution in [3.05, 3.63) is 41.1 Å². The molecule has 2 nitrogen and oxygen atoms in total. The fraction of sp³-hybridized carbons (Fsp3) is 0.412. The molecule has 98 valence electrons. The summed E-state index contributed by atoms with van der Waals surface area (Å²) in [5.41, 5.74) is 4.50. The van der Waals surface area contributed by atoms with Crippen molar-refractivity contribution in [2.45, 2.75) is 46.0 Å². The Hall–Kier alpha value is -1.88. The number of fused-ring (bicyclic) bond motifs is 1. The molecule has 0 aliphatic heterocycles. The van der Waals surface area contributed by atoms with Crippen molar-refractivity contribution in [2.24, 2.45) is 0 Å². The Morgan fingerprint density at radius 3 is 2.47 bits per heavy atom. The van der Waals surface area contributed by atoms with Gasteiger partial charge in [-0.3, -0.25) is 4.98 Å². The summed E-state index contributed by atoms with van der Waals surface area (Å²) in [4.78, 5) is 4.83. The van der Waals surface area contributed by atoms with Crippen LogP contribution in [0, 0.1) is 11.3 Å². The molecule has 0 atom stereocenters. The van der Waals surface area contributed by atoms with E-state index < -0.39 is 0 Å². The van der Waals surface area contributed by atoms with Gasteiger partial charge in [0.2, 0.25) is 0 Å². The second-order valence-corrected chi connectivity index (χ2v) is 5.59. The van der Waals surface area contributed by atoms with Gasteiger partial charge in [0, 0.05) is 11.1 Å². The molecule has 0 amide bonds. The predicted molar refractivity (Wildman–Crippen MR) is 79.2 cm³/mol. The van der Waals surface area contributed by atoms with E-state index in [1.54, 1.807) is 0 Å². The largest absolute Gasteiger partial charge is 0.252 e. The SMILES string of the molecule is CC(C)c1cc(CC#N)c2cccc(C(C)C)c2n1. The molecule has 0 saturated heterocycles.